The monoisotopic (exact) mass is 461 g/mol. The van der Waals surface area contributed by atoms with Crippen LogP contribution < -0.4 is 5.73 Å². The third kappa shape index (κ3) is 3.78. The summed E-state index contributed by atoms with van der Waals surface area (Å²) in [6, 6.07) is 22.7. The quantitative estimate of drug-likeness (QED) is 0.471. The summed E-state index contributed by atoms with van der Waals surface area (Å²) >= 11 is 0. The molecule has 2 fully saturated rings. The Kier molecular flexibility index (Phi) is 5.16. The zero-order chi connectivity index (χ0) is 24.1. The zero-order valence-corrected chi connectivity index (χ0v) is 19.7. The van der Waals surface area contributed by atoms with Crippen molar-refractivity contribution in [3.63, 3.8) is 0 Å². The molecule has 3 heterocycles. The van der Waals surface area contributed by atoms with E-state index < -0.39 is 0 Å². The second-order valence-electron chi connectivity index (χ2n) is 9.85. The number of fused-ring (bicyclic) bond motifs is 3. The van der Waals surface area contributed by atoms with Gasteiger partial charge in [-0.05, 0) is 84.3 Å². The number of carbonyl (C=O) groups excluding carboxylic acids is 1. The Labute approximate surface area is 204 Å². The molecule has 1 aromatic heterocycles. The molecule has 2 N–H and O–H groups in total. The van der Waals surface area contributed by atoms with Gasteiger partial charge in [0, 0.05) is 42.3 Å². The van der Waals surface area contributed by atoms with E-state index in [9.17, 15) is 10.1 Å². The number of benzene rings is 3. The summed E-state index contributed by atoms with van der Waals surface area (Å²) in [6.45, 7) is 0. The maximum Gasteiger partial charge on any atom is 0.254 e. The molecule has 2 aliphatic heterocycles. The van der Waals surface area contributed by atoms with Crippen molar-refractivity contribution < 1.29 is 4.79 Å². The van der Waals surface area contributed by atoms with Crippen molar-refractivity contribution in [1.82, 2.24) is 14.7 Å². The summed E-state index contributed by atoms with van der Waals surface area (Å²) in [7, 11) is 1.92. The molecule has 6 rings (SSSR count). The van der Waals surface area contributed by atoms with E-state index in [0.29, 0.717) is 11.1 Å². The van der Waals surface area contributed by atoms with Crippen LogP contribution in [0.5, 0.6) is 0 Å². The highest BCUT2D eigenvalue weighted by atomic mass is 16.2. The van der Waals surface area contributed by atoms with Crippen LogP contribution in [-0.4, -0.2) is 38.7 Å². The fourth-order valence-corrected chi connectivity index (χ4v) is 5.91. The molecule has 35 heavy (non-hydrogen) atoms. The number of aryl methyl sites for hydroxylation is 1. The summed E-state index contributed by atoms with van der Waals surface area (Å²) in [6.07, 6.45) is 5.85. The normalized spacial score (nSPS) is 21.3. The molecule has 6 nitrogen and oxygen atoms in total. The predicted octanol–water partition coefficient (Wildman–Crippen LogP) is 4.87. The second kappa shape index (κ2) is 8.37. The lowest BCUT2D eigenvalue weighted by atomic mass is 9.91. The Morgan fingerprint density at radius 1 is 0.971 bits per heavy atom. The van der Waals surface area contributed by atoms with E-state index in [-0.39, 0.29) is 24.0 Å². The minimum Gasteiger partial charge on any atom is -0.333 e. The van der Waals surface area contributed by atoms with E-state index in [0.717, 1.165) is 58.8 Å². The van der Waals surface area contributed by atoms with E-state index >= 15 is 0 Å². The fraction of sp³-hybridized carbons (Fsp3) is 0.276. The summed E-state index contributed by atoms with van der Waals surface area (Å²) in [5, 5.41) is 14.8. The van der Waals surface area contributed by atoms with Gasteiger partial charge >= 0.3 is 0 Å². The molecule has 3 atom stereocenters. The third-order valence-corrected chi connectivity index (χ3v) is 7.53. The maximum atomic E-state index is 13.7. The van der Waals surface area contributed by atoms with E-state index in [2.05, 4.69) is 34.3 Å². The van der Waals surface area contributed by atoms with Crippen molar-refractivity contribution in [2.24, 2.45) is 12.8 Å². The minimum atomic E-state index is 0.0913. The topological polar surface area (TPSA) is 87.9 Å². The van der Waals surface area contributed by atoms with Crippen LogP contribution in [0.4, 0.5) is 0 Å². The van der Waals surface area contributed by atoms with E-state index in [1.54, 1.807) is 0 Å². The fourth-order valence-electron chi connectivity index (χ4n) is 5.91. The van der Waals surface area contributed by atoms with Crippen molar-refractivity contribution in [2.75, 3.05) is 0 Å². The number of amides is 1. The Bertz CT molecular complexity index is 1470. The van der Waals surface area contributed by atoms with Crippen LogP contribution in [-0.2, 0) is 7.05 Å². The Balaban J connectivity index is 1.45. The van der Waals surface area contributed by atoms with Crippen molar-refractivity contribution in [3.05, 3.63) is 78.0 Å². The number of nitrogens with zero attached hydrogens (tertiary/aromatic N) is 4. The van der Waals surface area contributed by atoms with Gasteiger partial charge in [0.2, 0.25) is 0 Å². The molecule has 1 unspecified atom stereocenters. The van der Waals surface area contributed by atoms with Crippen molar-refractivity contribution in [1.29, 1.82) is 5.26 Å². The SMILES string of the molecule is Cn1cc2cc(-c3ccc(C(=O)N4[C@@H]5CC[C@H]4CC(N)C5)cc3-c3ccc(C#N)cc3)ccc2n1. The number of nitriles is 1. The van der Waals surface area contributed by atoms with Crippen LogP contribution in [0.15, 0.2) is 66.9 Å². The molecule has 0 saturated carbocycles. The van der Waals surface area contributed by atoms with Gasteiger partial charge in [-0.2, -0.15) is 10.4 Å². The van der Waals surface area contributed by atoms with E-state index in [1.807, 2.05) is 60.4 Å². The molecule has 0 radical (unpaired) electrons. The number of hydrogen-bond acceptors (Lipinski definition) is 4. The molecule has 6 heteroatoms. The number of piperidine rings is 1. The molecule has 0 spiro atoms. The van der Waals surface area contributed by atoms with Crippen molar-refractivity contribution >= 4 is 16.8 Å². The summed E-state index contributed by atoms with van der Waals surface area (Å²) in [5.74, 6) is 0.0913. The van der Waals surface area contributed by atoms with Gasteiger partial charge in [0.05, 0.1) is 17.1 Å². The van der Waals surface area contributed by atoms with Crippen LogP contribution in [0.3, 0.4) is 0 Å². The molecular formula is C29H27N5O. The van der Waals surface area contributed by atoms with Gasteiger partial charge in [-0.1, -0.05) is 24.3 Å². The first-order chi connectivity index (χ1) is 17.0. The smallest absolute Gasteiger partial charge is 0.254 e. The highest BCUT2D eigenvalue weighted by Gasteiger charge is 2.42. The van der Waals surface area contributed by atoms with Gasteiger partial charge in [0.25, 0.3) is 5.91 Å². The molecule has 0 aliphatic carbocycles. The average molecular weight is 462 g/mol. The van der Waals surface area contributed by atoms with Crippen LogP contribution in [0.25, 0.3) is 33.2 Å². The molecule has 1 amide bonds. The van der Waals surface area contributed by atoms with E-state index in [4.69, 9.17) is 5.73 Å². The number of hydrogen-bond donors (Lipinski definition) is 1. The Morgan fingerprint density at radius 3 is 2.40 bits per heavy atom. The predicted molar refractivity (Wildman–Crippen MR) is 136 cm³/mol. The number of carbonyl (C=O) groups is 1. The minimum absolute atomic E-state index is 0.0913. The standard InChI is InChI=1S/C29H27N5O/c1-33-17-22-12-20(7-11-28(22)32-33)26-10-6-21(13-27(26)19-4-2-18(16-30)3-5-19)29(35)34-24-8-9-25(34)15-23(31)14-24/h2-7,10-13,17,23-25H,8-9,14-15,31H2,1H3/t23?,24-,25+. The summed E-state index contributed by atoms with van der Waals surface area (Å²) < 4.78 is 1.82. The van der Waals surface area contributed by atoms with Crippen LogP contribution in [0, 0.1) is 11.3 Å². The largest absolute Gasteiger partial charge is 0.333 e. The maximum absolute atomic E-state index is 13.7. The highest BCUT2D eigenvalue weighted by Crippen LogP contribution is 2.38. The molecule has 2 bridgehead atoms. The number of nitrogens with two attached hydrogens (primary N) is 1. The van der Waals surface area contributed by atoms with Crippen LogP contribution in [0.1, 0.15) is 41.6 Å². The molecule has 3 aromatic carbocycles. The van der Waals surface area contributed by atoms with Crippen molar-refractivity contribution in [2.45, 2.75) is 43.8 Å². The Hall–Kier alpha value is -3.95. The highest BCUT2D eigenvalue weighted by molar-refractivity contribution is 5.99. The van der Waals surface area contributed by atoms with Crippen LogP contribution in [0.2, 0.25) is 0 Å². The van der Waals surface area contributed by atoms with Gasteiger partial charge in [-0.15, -0.1) is 0 Å². The number of rotatable bonds is 3. The average Bonchev–Trinajstić information content (AvgIpc) is 3.38. The van der Waals surface area contributed by atoms with Crippen LogP contribution >= 0.6 is 0 Å². The second-order valence-corrected chi connectivity index (χ2v) is 9.85. The molecule has 174 valence electrons. The van der Waals surface area contributed by atoms with Gasteiger partial charge < -0.3 is 10.6 Å². The molecule has 4 aromatic rings. The lowest BCUT2D eigenvalue weighted by molar-refractivity contribution is 0.0575. The van der Waals surface area contributed by atoms with Gasteiger partial charge in [-0.3, -0.25) is 9.48 Å². The molecule has 2 aliphatic rings. The zero-order valence-electron chi connectivity index (χ0n) is 19.7. The lowest BCUT2D eigenvalue weighted by Crippen LogP contribution is -2.50. The first-order valence-electron chi connectivity index (χ1n) is 12.2. The van der Waals surface area contributed by atoms with E-state index in [1.165, 1.54) is 0 Å². The molecular weight excluding hydrogens is 434 g/mol. The summed E-state index contributed by atoms with van der Waals surface area (Å²) in [4.78, 5) is 15.8. The Morgan fingerprint density at radius 2 is 1.69 bits per heavy atom. The lowest BCUT2D eigenvalue weighted by Gasteiger charge is -2.38. The summed E-state index contributed by atoms with van der Waals surface area (Å²) in [5.41, 5.74) is 12.6. The molecule has 2 saturated heterocycles. The first kappa shape index (κ1) is 21.6. The van der Waals surface area contributed by atoms with Gasteiger partial charge in [-0.25, -0.2) is 0 Å². The van der Waals surface area contributed by atoms with Gasteiger partial charge in [0.15, 0.2) is 0 Å². The van der Waals surface area contributed by atoms with Crippen molar-refractivity contribution in [3.8, 4) is 28.3 Å². The van der Waals surface area contributed by atoms with Gasteiger partial charge in [0.1, 0.15) is 0 Å². The third-order valence-electron chi connectivity index (χ3n) is 7.53. The number of aromatic nitrogens is 2. The first-order valence-corrected chi connectivity index (χ1v) is 12.2.